The van der Waals surface area contributed by atoms with Crippen molar-refractivity contribution in [3.8, 4) is 11.3 Å². The maximum Gasteiger partial charge on any atom is 0.242 e. The standard InChI is InChI=1S/C26H29ClN6O/c1-18(2)32-13-15-33(16-14-32)21(34)17-29-26-22(24(28)19-9-5-3-6-10-19)23(27)25(30-31-26)20-11-7-4-8-12-20/h3-12,18,28H,13-17H2,1-2H3,(H,29,31). The summed E-state index contributed by atoms with van der Waals surface area (Å²) in [6.45, 7) is 7.53. The molecule has 0 unspecified atom stereocenters. The van der Waals surface area contributed by atoms with Crippen LogP contribution >= 0.6 is 11.6 Å². The average molecular weight is 477 g/mol. The lowest BCUT2D eigenvalue weighted by Crippen LogP contribution is -2.51. The van der Waals surface area contributed by atoms with Crippen LogP contribution in [0.25, 0.3) is 11.3 Å². The van der Waals surface area contributed by atoms with Crippen molar-refractivity contribution in [1.82, 2.24) is 20.0 Å². The van der Waals surface area contributed by atoms with Gasteiger partial charge >= 0.3 is 0 Å². The zero-order chi connectivity index (χ0) is 24.1. The summed E-state index contributed by atoms with van der Waals surface area (Å²) in [5.74, 6) is 0.318. The number of hydrogen-bond donors (Lipinski definition) is 2. The second-order valence-corrected chi connectivity index (χ2v) is 8.94. The van der Waals surface area contributed by atoms with Crippen LogP contribution < -0.4 is 5.32 Å². The van der Waals surface area contributed by atoms with E-state index in [9.17, 15) is 4.79 Å². The number of carbonyl (C=O) groups excluding carboxylic acids is 1. The summed E-state index contributed by atoms with van der Waals surface area (Å²) < 4.78 is 0. The molecule has 1 aromatic heterocycles. The Hall–Kier alpha value is -3.29. The third-order valence-electron chi connectivity index (χ3n) is 6.08. The second-order valence-electron chi connectivity index (χ2n) is 8.56. The van der Waals surface area contributed by atoms with Gasteiger partial charge in [-0.15, -0.1) is 10.2 Å². The molecule has 34 heavy (non-hydrogen) atoms. The normalized spacial score (nSPS) is 14.3. The van der Waals surface area contributed by atoms with Crippen LogP contribution in [0, 0.1) is 5.41 Å². The highest BCUT2D eigenvalue weighted by Crippen LogP contribution is 2.33. The lowest BCUT2D eigenvalue weighted by Gasteiger charge is -2.37. The number of piperazine rings is 1. The molecule has 2 heterocycles. The highest BCUT2D eigenvalue weighted by Gasteiger charge is 2.24. The SMILES string of the molecule is CC(C)N1CCN(C(=O)CNc2nnc(-c3ccccc3)c(Cl)c2C(=N)c2ccccc2)CC1. The third-order valence-corrected chi connectivity index (χ3v) is 6.45. The van der Waals surface area contributed by atoms with Crippen LogP contribution in [0.15, 0.2) is 60.7 Å². The number of carbonyl (C=O) groups is 1. The van der Waals surface area contributed by atoms with Crippen molar-refractivity contribution in [2.45, 2.75) is 19.9 Å². The van der Waals surface area contributed by atoms with Crippen molar-refractivity contribution in [2.24, 2.45) is 0 Å². The molecule has 1 aliphatic rings. The smallest absolute Gasteiger partial charge is 0.242 e. The molecule has 2 aromatic carbocycles. The molecule has 1 amide bonds. The molecule has 8 heteroatoms. The quantitative estimate of drug-likeness (QED) is 0.500. The van der Waals surface area contributed by atoms with Gasteiger partial charge in [-0.1, -0.05) is 72.3 Å². The first-order valence-corrected chi connectivity index (χ1v) is 11.8. The van der Waals surface area contributed by atoms with Gasteiger partial charge in [0.25, 0.3) is 0 Å². The Kier molecular flexibility index (Phi) is 7.55. The van der Waals surface area contributed by atoms with Crippen molar-refractivity contribution in [3.05, 3.63) is 76.8 Å². The number of nitrogens with one attached hydrogen (secondary N) is 2. The molecule has 1 saturated heterocycles. The van der Waals surface area contributed by atoms with Crippen molar-refractivity contribution in [2.75, 3.05) is 38.0 Å². The van der Waals surface area contributed by atoms with E-state index in [0.29, 0.717) is 46.8 Å². The molecule has 1 aliphatic heterocycles. The molecule has 0 spiro atoms. The number of nitrogens with zero attached hydrogens (tertiary/aromatic N) is 4. The largest absolute Gasteiger partial charge is 0.359 e. The summed E-state index contributed by atoms with van der Waals surface area (Å²) in [6, 6.07) is 19.3. The Morgan fingerprint density at radius 1 is 1.00 bits per heavy atom. The number of hydrogen-bond acceptors (Lipinski definition) is 6. The van der Waals surface area contributed by atoms with Gasteiger partial charge in [-0.3, -0.25) is 15.1 Å². The fourth-order valence-electron chi connectivity index (χ4n) is 4.06. The zero-order valence-electron chi connectivity index (χ0n) is 19.5. The molecule has 0 bridgehead atoms. The molecule has 3 aromatic rings. The molecule has 0 saturated carbocycles. The Labute approximate surface area is 205 Å². The van der Waals surface area contributed by atoms with Gasteiger partial charge in [0, 0.05) is 43.3 Å². The van der Waals surface area contributed by atoms with Crippen molar-refractivity contribution < 1.29 is 4.79 Å². The Morgan fingerprint density at radius 3 is 2.24 bits per heavy atom. The van der Waals surface area contributed by atoms with E-state index >= 15 is 0 Å². The van der Waals surface area contributed by atoms with Crippen molar-refractivity contribution in [3.63, 3.8) is 0 Å². The monoisotopic (exact) mass is 476 g/mol. The van der Waals surface area contributed by atoms with Gasteiger partial charge in [0.2, 0.25) is 5.91 Å². The molecule has 4 rings (SSSR count). The summed E-state index contributed by atoms with van der Waals surface area (Å²) in [4.78, 5) is 17.1. The van der Waals surface area contributed by atoms with Crippen LogP contribution in [0.4, 0.5) is 5.82 Å². The lowest BCUT2D eigenvalue weighted by molar-refractivity contribution is -0.131. The minimum Gasteiger partial charge on any atom is -0.359 e. The molecule has 0 atom stereocenters. The Morgan fingerprint density at radius 2 is 1.62 bits per heavy atom. The summed E-state index contributed by atoms with van der Waals surface area (Å²) >= 11 is 6.82. The number of aromatic nitrogens is 2. The maximum atomic E-state index is 12.9. The highest BCUT2D eigenvalue weighted by molar-refractivity contribution is 6.38. The summed E-state index contributed by atoms with van der Waals surface area (Å²) in [5, 5.41) is 21.0. The van der Waals surface area contributed by atoms with Gasteiger partial charge in [0.05, 0.1) is 22.8 Å². The van der Waals surface area contributed by atoms with Gasteiger partial charge in [-0.2, -0.15) is 0 Å². The highest BCUT2D eigenvalue weighted by atomic mass is 35.5. The van der Waals surface area contributed by atoms with Crippen LogP contribution in [-0.2, 0) is 4.79 Å². The van der Waals surface area contributed by atoms with E-state index in [1.54, 1.807) is 0 Å². The van der Waals surface area contributed by atoms with Crippen molar-refractivity contribution >= 4 is 29.0 Å². The number of benzene rings is 2. The summed E-state index contributed by atoms with van der Waals surface area (Å²) in [7, 11) is 0. The van der Waals surface area contributed by atoms with Crippen molar-refractivity contribution in [1.29, 1.82) is 5.41 Å². The maximum absolute atomic E-state index is 12.9. The van der Waals surface area contributed by atoms with E-state index in [2.05, 4.69) is 34.3 Å². The summed E-state index contributed by atoms with van der Waals surface area (Å²) in [6.07, 6.45) is 0. The van der Waals surface area contributed by atoms with Gasteiger partial charge in [-0.25, -0.2) is 0 Å². The fourth-order valence-corrected chi connectivity index (χ4v) is 4.39. The molecule has 0 aliphatic carbocycles. The van der Waals surface area contributed by atoms with Gasteiger partial charge < -0.3 is 10.2 Å². The first-order chi connectivity index (χ1) is 16.5. The molecular weight excluding hydrogens is 448 g/mol. The number of rotatable bonds is 7. The number of anilines is 1. The summed E-state index contributed by atoms with van der Waals surface area (Å²) in [5.41, 5.74) is 2.67. The van der Waals surface area contributed by atoms with E-state index in [1.165, 1.54) is 0 Å². The van der Waals surface area contributed by atoms with Gasteiger partial charge in [-0.05, 0) is 13.8 Å². The van der Waals surface area contributed by atoms with Crippen LogP contribution in [0.3, 0.4) is 0 Å². The Balaban J connectivity index is 1.59. The Bertz CT molecular complexity index is 1140. The van der Waals surface area contributed by atoms with E-state index < -0.39 is 0 Å². The minimum absolute atomic E-state index is 0.00865. The molecular formula is C26H29ClN6O. The topological polar surface area (TPSA) is 85.2 Å². The van der Waals surface area contributed by atoms with Crippen LogP contribution in [0.5, 0.6) is 0 Å². The number of amides is 1. The van der Waals surface area contributed by atoms with Gasteiger partial charge in [0.15, 0.2) is 5.82 Å². The van der Waals surface area contributed by atoms with Crippen LogP contribution in [-0.4, -0.2) is 70.4 Å². The van der Waals surface area contributed by atoms with Crippen LogP contribution in [0.2, 0.25) is 5.02 Å². The molecule has 2 N–H and O–H groups in total. The van der Waals surface area contributed by atoms with Gasteiger partial charge in [0.1, 0.15) is 5.69 Å². The van der Waals surface area contributed by atoms with E-state index in [-0.39, 0.29) is 18.2 Å². The second kappa shape index (κ2) is 10.8. The first kappa shape index (κ1) is 23.9. The lowest BCUT2D eigenvalue weighted by atomic mass is 10.0. The minimum atomic E-state index is -0.00865. The average Bonchev–Trinajstić information content (AvgIpc) is 2.88. The molecule has 0 radical (unpaired) electrons. The predicted molar refractivity (Wildman–Crippen MR) is 137 cm³/mol. The molecule has 7 nitrogen and oxygen atoms in total. The molecule has 1 fully saturated rings. The van der Waals surface area contributed by atoms with E-state index in [0.717, 1.165) is 18.7 Å². The fraction of sp³-hybridized carbons (Fsp3) is 0.308. The zero-order valence-corrected chi connectivity index (χ0v) is 20.2. The van der Waals surface area contributed by atoms with E-state index in [1.807, 2.05) is 65.6 Å². The number of halogens is 1. The van der Waals surface area contributed by atoms with Crippen LogP contribution in [0.1, 0.15) is 25.0 Å². The molecule has 176 valence electrons. The third kappa shape index (κ3) is 5.26. The first-order valence-electron chi connectivity index (χ1n) is 11.5. The van der Waals surface area contributed by atoms with E-state index in [4.69, 9.17) is 17.0 Å². The predicted octanol–water partition coefficient (Wildman–Crippen LogP) is 4.18.